The average Bonchev–Trinajstić information content (AvgIpc) is 2.37. The molecule has 0 heterocycles. The topological polar surface area (TPSA) is 21.3 Å². The molecule has 0 radical (unpaired) electrons. The molecule has 19 heavy (non-hydrogen) atoms. The lowest BCUT2D eigenvalue weighted by Gasteiger charge is -2.13. The lowest BCUT2D eigenvalue weighted by Crippen LogP contribution is -2.23. The van der Waals surface area contributed by atoms with Crippen molar-refractivity contribution in [2.45, 2.75) is 13.8 Å². The van der Waals surface area contributed by atoms with Gasteiger partial charge in [0.15, 0.2) is 0 Å². The molecule has 0 aliphatic rings. The second-order valence-corrected chi connectivity index (χ2v) is 6.00. The molecule has 0 fully saturated rings. The van der Waals surface area contributed by atoms with Gasteiger partial charge in [-0.2, -0.15) is 0 Å². The first-order chi connectivity index (χ1) is 9.04. The van der Waals surface area contributed by atoms with E-state index in [0.29, 0.717) is 5.92 Å². The molecule has 0 spiro atoms. The molecular weight excluding hydrogens is 326 g/mol. The molecule has 0 bridgehead atoms. The molecule has 0 aliphatic heterocycles. The fraction of sp³-hybridized carbons (Fsp3) is 0.467. The van der Waals surface area contributed by atoms with Crippen LogP contribution in [0.5, 0.6) is 0 Å². The minimum Gasteiger partial charge on any atom is -0.383 e. The maximum absolute atomic E-state index is 6.04. The molecule has 0 aliphatic carbocycles. The summed E-state index contributed by atoms with van der Waals surface area (Å²) in [5.74, 6) is 0.487. The SMILES string of the molecule is COCCNCC(=Cc1cc(Cl)ccc1Br)C(C)C. The van der Waals surface area contributed by atoms with Crippen molar-refractivity contribution in [1.82, 2.24) is 5.32 Å². The van der Waals surface area contributed by atoms with Crippen molar-refractivity contribution in [3.05, 3.63) is 38.8 Å². The Morgan fingerprint density at radius 1 is 1.47 bits per heavy atom. The van der Waals surface area contributed by atoms with Crippen molar-refractivity contribution in [2.24, 2.45) is 5.92 Å². The average molecular weight is 347 g/mol. The number of rotatable bonds is 7. The van der Waals surface area contributed by atoms with Gasteiger partial charge < -0.3 is 10.1 Å². The van der Waals surface area contributed by atoms with Crippen molar-refractivity contribution >= 4 is 33.6 Å². The van der Waals surface area contributed by atoms with Crippen LogP contribution in [0.3, 0.4) is 0 Å². The van der Waals surface area contributed by atoms with E-state index in [9.17, 15) is 0 Å². The van der Waals surface area contributed by atoms with E-state index in [1.165, 1.54) is 5.57 Å². The highest BCUT2D eigenvalue weighted by atomic mass is 79.9. The van der Waals surface area contributed by atoms with Crippen LogP contribution in [-0.4, -0.2) is 26.8 Å². The Hall–Kier alpha value is -0.350. The van der Waals surface area contributed by atoms with Gasteiger partial charge in [0.25, 0.3) is 0 Å². The van der Waals surface area contributed by atoms with Crippen LogP contribution in [0.15, 0.2) is 28.2 Å². The highest BCUT2D eigenvalue weighted by Crippen LogP contribution is 2.25. The molecule has 1 aromatic carbocycles. The quantitative estimate of drug-likeness (QED) is 0.740. The second kappa shape index (κ2) is 8.75. The zero-order valence-corrected chi connectivity index (χ0v) is 14.0. The van der Waals surface area contributed by atoms with E-state index in [0.717, 1.165) is 34.8 Å². The van der Waals surface area contributed by atoms with Crippen LogP contribution in [0.4, 0.5) is 0 Å². The number of methoxy groups -OCH3 is 1. The summed E-state index contributed by atoms with van der Waals surface area (Å²) in [4.78, 5) is 0. The summed E-state index contributed by atoms with van der Waals surface area (Å²) < 4.78 is 6.09. The van der Waals surface area contributed by atoms with Gasteiger partial charge in [-0.25, -0.2) is 0 Å². The van der Waals surface area contributed by atoms with Crippen molar-refractivity contribution < 1.29 is 4.74 Å². The summed E-state index contributed by atoms with van der Waals surface area (Å²) in [6.07, 6.45) is 2.19. The standard InChI is InChI=1S/C15H21BrClNO/c1-11(2)13(10-18-6-7-19-3)8-12-9-14(17)4-5-15(12)16/h4-5,8-9,11,18H,6-7,10H2,1-3H3. The Morgan fingerprint density at radius 3 is 2.84 bits per heavy atom. The van der Waals surface area contributed by atoms with Gasteiger partial charge in [0, 0.05) is 29.7 Å². The zero-order chi connectivity index (χ0) is 14.3. The van der Waals surface area contributed by atoms with Crippen molar-refractivity contribution in [2.75, 3.05) is 26.8 Å². The van der Waals surface area contributed by atoms with Gasteiger partial charge in [0.2, 0.25) is 0 Å². The van der Waals surface area contributed by atoms with E-state index in [1.807, 2.05) is 18.2 Å². The van der Waals surface area contributed by atoms with Gasteiger partial charge in [-0.3, -0.25) is 0 Å². The fourth-order valence-corrected chi connectivity index (χ4v) is 2.20. The highest BCUT2D eigenvalue weighted by Gasteiger charge is 2.05. The predicted octanol–water partition coefficient (Wildman–Crippen LogP) is 4.38. The molecule has 106 valence electrons. The van der Waals surface area contributed by atoms with Crippen LogP contribution >= 0.6 is 27.5 Å². The summed E-state index contributed by atoms with van der Waals surface area (Å²) in [7, 11) is 1.71. The van der Waals surface area contributed by atoms with E-state index >= 15 is 0 Å². The third-order valence-corrected chi connectivity index (χ3v) is 3.81. The Morgan fingerprint density at radius 2 is 2.21 bits per heavy atom. The minimum atomic E-state index is 0.487. The van der Waals surface area contributed by atoms with E-state index in [2.05, 4.69) is 41.2 Å². The predicted molar refractivity (Wildman–Crippen MR) is 86.7 cm³/mol. The van der Waals surface area contributed by atoms with E-state index < -0.39 is 0 Å². The van der Waals surface area contributed by atoms with Crippen molar-refractivity contribution in [3.8, 4) is 0 Å². The normalized spacial score (nSPS) is 12.2. The van der Waals surface area contributed by atoms with Crippen molar-refractivity contribution in [3.63, 3.8) is 0 Å². The zero-order valence-electron chi connectivity index (χ0n) is 11.7. The molecule has 4 heteroatoms. The third kappa shape index (κ3) is 6.09. The number of ether oxygens (including phenoxy) is 1. The molecule has 2 nitrogen and oxygen atoms in total. The number of hydrogen-bond donors (Lipinski definition) is 1. The van der Waals surface area contributed by atoms with Gasteiger partial charge >= 0.3 is 0 Å². The summed E-state index contributed by atoms with van der Waals surface area (Å²) in [6, 6.07) is 5.84. The number of halogens is 2. The van der Waals surface area contributed by atoms with Gasteiger partial charge in [-0.05, 0) is 29.7 Å². The van der Waals surface area contributed by atoms with E-state index in [4.69, 9.17) is 16.3 Å². The molecule has 0 saturated carbocycles. The van der Waals surface area contributed by atoms with Crippen LogP contribution in [0.1, 0.15) is 19.4 Å². The van der Waals surface area contributed by atoms with Crippen LogP contribution in [0.2, 0.25) is 5.02 Å². The summed E-state index contributed by atoms with van der Waals surface area (Å²) in [5, 5.41) is 4.14. The first-order valence-electron chi connectivity index (χ1n) is 6.39. The summed E-state index contributed by atoms with van der Waals surface area (Å²) in [6.45, 7) is 6.84. The number of hydrogen-bond acceptors (Lipinski definition) is 2. The van der Waals surface area contributed by atoms with Gasteiger partial charge in [-0.15, -0.1) is 0 Å². The monoisotopic (exact) mass is 345 g/mol. The van der Waals surface area contributed by atoms with Crippen LogP contribution < -0.4 is 5.32 Å². The largest absolute Gasteiger partial charge is 0.383 e. The molecule has 0 amide bonds. The number of nitrogens with one attached hydrogen (secondary N) is 1. The molecule has 1 rings (SSSR count). The Labute approximate surface area is 129 Å². The molecule has 0 aromatic heterocycles. The molecule has 0 saturated heterocycles. The maximum Gasteiger partial charge on any atom is 0.0587 e. The molecule has 1 aromatic rings. The highest BCUT2D eigenvalue weighted by molar-refractivity contribution is 9.10. The lowest BCUT2D eigenvalue weighted by atomic mass is 10.0. The summed E-state index contributed by atoms with van der Waals surface area (Å²) in [5.41, 5.74) is 2.46. The van der Waals surface area contributed by atoms with Gasteiger partial charge in [0.05, 0.1) is 6.61 Å². The smallest absolute Gasteiger partial charge is 0.0587 e. The van der Waals surface area contributed by atoms with E-state index in [-0.39, 0.29) is 0 Å². The van der Waals surface area contributed by atoms with Gasteiger partial charge in [0.1, 0.15) is 0 Å². The minimum absolute atomic E-state index is 0.487. The van der Waals surface area contributed by atoms with Gasteiger partial charge in [-0.1, -0.05) is 53.0 Å². The lowest BCUT2D eigenvalue weighted by molar-refractivity contribution is 0.200. The Bertz CT molecular complexity index is 432. The van der Waals surface area contributed by atoms with E-state index in [1.54, 1.807) is 7.11 Å². The fourth-order valence-electron chi connectivity index (χ4n) is 1.65. The van der Waals surface area contributed by atoms with Crippen LogP contribution in [0.25, 0.3) is 6.08 Å². The first kappa shape index (κ1) is 16.7. The Balaban J connectivity index is 2.79. The van der Waals surface area contributed by atoms with Crippen LogP contribution in [0, 0.1) is 5.92 Å². The third-order valence-electron chi connectivity index (χ3n) is 2.85. The first-order valence-corrected chi connectivity index (χ1v) is 7.57. The summed E-state index contributed by atoms with van der Waals surface area (Å²) >= 11 is 9.60. The Kier molecular flexibility index (Phi) is 7.69. The molecule has 0 unspecified atom stereocenters. The molecule has 1 N–H and O–H groups in total. The second-order valence-electron chi connectivity index (χ2n) is 4.71. The molecular formula is C15H21BrClNO. The van der Waals surface area contributed by atoms with Crippen LogP contribution in [-0.2, 0) is 4.74 Å². The maximum atomic E-state index is 6.04. The molecule has 0 atom stereocenters. The number of benzene rings is 1. The van der Waals surface area contributed by atoms with Crippen molar-refractivity contribution in [1.29, 1.82) is 0 Å².